The first-order valence-corrected chi connectivity index (χ1v) is 10.4. The van der Waals surface area contributed by atoms with E-state index in [4.69, 9.17) is 11.6 Å². The van der Waals surface area contributed by atoms with E-state index >= 15 is 0 Å². The molecule has 9 nitrogen and oxygen atoms in total. The number of halogens is 1. The fraction of sp³-hybridized carbons (Fsp3) is 0.0526. The second-order valence-corrected chi connectivity index (χ2v) is 8.46. The molecule has 0 unspecified atom stereocenters. The quantitative estimate of drug-likeness (QED) is 0.341. The number of anilines is 2. The third-order valence-corrected chi connectivity index (χ3v) is 6.55. The molecule has 0 saturated carbocycles. The number of benzene rings is 2. The summed E-state index contributed by atoms with van der Waals surface area (Å²) in [6.45, 7) is -0.00224. The number of para-hydroxylation sites is 1. The molecular formula is C19H13ClN4O5S. The molecule has 1 aromatic heterocycles. The number of carbonyl (C=O) groups excluding carboxylic acids is 1. The molecule has 1 aliphatic heterocycles. The number of aromatic nitrogens is 1. The lowest BCUT2D eigenvalue weighted by Gasteiger charge is -2.36. The van der Waals surface area contributed by atoms with Gasteiger partial charge in [0.15, 0.2) is 5.15 Å². The van der Waals surface area contributed by atoms with Gasteiger partial charge < -0.3 is 0 Å². The van der Waals surface area contributed by atoms with Crippen LogP contribution in [-0.2, 0) is 16.6 Å². The number of hydrogen-bond donors (Lipinski definition) is 0. The Morgan fingerprint density at radius 1 is 1.00 bits per heavy atom. The second kappa shape index (κ2) is 7.39. The molecule has 152 valence electrons. The predicted octanol–water partition coefficient (Wildman–Crippen LogP) is 3.98. The first-order valence-electron chi connectivity index (χ1n) is 8.60. The molecule has 0 N–H and O–H groups in total. The number of nitrogens with zero attached hydrogens (tertiary/aromatic N) is 4. The van der Waals surface area contributed by atoms with Gasteiger partial charge in [0.2, 0.25) is 0 Å². The molecule has 0 saturated heterocycles. The van der Waals surface area contributed by atoms with E-state index in [1.54, 1.807) is 12.1 Å². The van der Waals surface area contributed by atoms with Gasteiger partial charge in [-0.2, -0.15) is 4.31 Å². The largest absolute Gasteiger partial charge is 0.343 e. The standard InChI is InChI=1S/C19H13ClN4O5S/c20-18-16(5-3-11-21-18)23-19(25)22(12-13-7-9-14(10-8-13)24(26)27)15-4-1-2-6-17(15)30(23,28)29/h1-11H,12H2. The van der Waals surface area contributed by atoms with Crippen LogP contribution < -0.4 is 9.21 Å². The lowest BCUT2D eigenvalue weighted by atomic mass is 10.2. The van der Waals surface area contributed by atoms with Crippen molar-refractivity contribution in [3.05, 3.63) is 87.7 Å². The van der Waals surface area contributed by atoms with Gasteiger partial charge in [-0.1, -0.05) is 35.9 Å². The van der Waals surface area contributed by atoms with Gasteiger partial charge in [-0.15, -0.1) is 0 Å². The van der Waals surface area contributed by atoms with Crippen molar-refractivity contribution >= 4 is 44.7 Å². The van der Waals surface area contributed by atoms with Crippen molar-refractivity contribution in [2.75, 3.05) is 9.21 Å². The Bertz CT molecular complexity index is 1260. The molecule has 11 heteroatoms. The van der Waals surface area contributed by atoms with E-state index in [0.29, 0.717) is 9.87 Å². The molecule has 2 aromatic carbocycles. The van der Waals surface area contributed by atoms with Crippen LogP contribution in [0.15, 0.2) is 71.8 Å². The minimum absolute atomic E-state index is 0.00224. The Kier molecular flexibility index (Phi) is 4.88. The van der Waals surface area contributed by atoms with Crippen LogP contribution in [0.1, 0.15) is 5.56 Å². The molecule has 0 bridgehead atoms. The summed E-state index contributed by atoms with van der Waals surface area (Å²) in [7, 11) is -4.22. The van der Waals surface area contributed by atoms with Crippen molar-refractivity contribution < 1.29 is 18.1 Å². The van der Waals surface area contributed by atoms with Crippen LogP contribution in [0.3, 0.4) is 0 Å². The van der Waals surface area contributed by atoms with Crippen LogP contribution >= 0.6 is 11.6 Å². The molecule has 0 atom stereocenters. The van der Waals surface area contributed by atoms with Gasteiger partial charge in [0.05, 0.1) is 22.8 Å². The van der Waals surface area contributed by atoms with Gasteiger partial charge in [0.1, 0.15) is 4.90 Å². The number of non-ortho nitro benzene ring substituents is 1. The van der Waals surface area contributed by atoms with E-state index < -0.39 is 21.0 Å². The van der Waals surface area contributed by atoms with Crippen LogP contribution in [-0.4, -0.2) is 24.4 Å². The van der Waals surface area contributed by atoms with Crippen molar-refractivity contribution in [1.82, 2.24) is 4.98 Å². The fourth-order valence-corrected chi connectivity index (χ4v) is 4.99. The number of urea groups is 1. The average molecular weight is 445 g/mol. The minimum Gasteiger partial charge on any atom is -0.287 e. The lowest BCUT2D eigenvalue weighted by Crippen LogP contribution is -2.50. The molecule has 4 rings (SSSR count). The highest BCUT2D eigenvalue weighted by molar-refractivity contribution is 7.94. The van der Waals surface area contributed by atoms with Crippen LogP contribution in [0.2, 0.25) is 5.15 Å². The van der Waals surface area contributed by atoms with Crippen LogP contribution in [0.5, 0.6) is 0 Å². The van der Waals surface area contributed by atoms with Gasteiger partial charge in [-0.05, 0) is 29.8 Å². The smallest absolute Gasteiger partial charge is 0.287 e. The summed E-state index contributed by atoms with van der Waals surface area (Å²) in [6.07, 6.45) is 1.38. The second-order valence-electron chi connectivity index (χ2n) is 6.34. The summed E-state index contributed by atoms with van der Waals surface area (Å²) in [5, 5.41) is 10.7. The zero-order valence-corrected chi connectivity index (χ0v) is 16.7. The SMILES string of the molecule is O=C1N(Cc2ccc([N+](=O)[O-])cc2)c2ccccc2S(=O)(=O)N1c1cccnc1Cl. The minimum atomic E-state index is -4.22. The monoisotopic (exact) mass is 444 g/mol. The highest BCUT2D eigenvalue weighted by atomic mass is 35.5. The van der Waals surface area contributed by atoms with Crippen molar-refractivity contribution in [2.24, 2.45) is 0 Å². The van der Waals surface area contributed by atoms with E-state index in [-0.39, 0.29) is 33.7 Å². The fourth-order valence-electron chi connectivity index (χ4n) is 3.13. The third-order valence-electron chi connectivity index (χ3n) is 4.53. The topological polar surface area (TPSA) is 114 Å². The summed E-state index contributed by atoms with van der Waals surface area (Å²) in [5.41, 5.74) is 0.639. The van der Waals surface area contributed by atoms with E-state index in [9.17, 15) is 23.3 Å². The molecule has 3 aromatic rings. The molecule has 0 fully saturated rings. The molecule has 2 heterocycles. The van der Waals surface area contributed by atoms with Gasteiger partial charge in [-0.25, -0.2) is 18.2 Å². The van der Waals surface area contributed by atoms with Crippen molar-refractivity contribution in [3.63, 3.8) is 0 Å². The summed E-state index contributed by atoms with van der Waals surface area (Å²) in [4.78, 5) is 28.7. The van der Waals surface area contributed by atoms with E-state index in [1.165, 1.54) is 59.6 Å². The van der Waals surface area contributed by atoms with E-state index in [0.717, 1.165) is 0 Å². The summed E-state index contributed by atoms with van der Waals surface area (Å²) >= 11 is 6.08. The number of rotatable bonds is 4. The molecular weight excluding hydrogens is 432 g/mol. The number of nitro benzene ring substituents is 1. The van der Waals surface area contributed by atoms with Crippen molar-refractivity contribution in [2.45, 2.75) is 11.4 Å². The Labute approximate surface area is 176 Å². The molecule has 2 amide bonds. The summed E-state index contributed by atoms with van der Waals surface area (Å²) in [5.74, 6) is 0. The summed E-state index contributed by atoms with van der Waals surface area (Å²) in [6, 6.07) is 13.8. The van der Waals surface area contributed by atoms with E-state index in [2.05, 4.69) is 4.98 Å². The van der Waals surface area contributed by atoms with Gasteiger partial charge in [0, 0.05) is 18.3 Å². The Balaban J connectivity index is 1.83. The number of amides is 2. The molecule has 0 radical (unpaired) electrons. The maximum atomic E-state index is 13.3. The highest BCUT2D eigenvalue weighted by Crippen LogP contribution is 2.39. The van der Waals surface area contributed by atoms with Gasteiger partial charge in [0.25, 0.3) is 15.7 Å². The Hall–Kier alpha value is -3.50. The van der Waals surface area contributed by atoms with Crippen LogP contribution in [0, 0.1) is 10.1 Å². The maximum absolute atomic E-state index is 13.3. The molecule has 0 aliphatic carbocycles. The normalized spacial score (nSPS) is 15.0. The number of pyridine rings is 1. The number of carbonyl (C=O) groups is 1. The molecule has 30 heavy (non-hydrogen) atoms. The average Bonchev–Trinajstić information content (AvgIpc) is 2.73. The number of hydrogen-bond acceptors (Lipinski definition) is 6. The Morgan fingerprint density at radius 3 is 2.33 bits per heavy atom. The third kappa shape index (κ3) is 3.25. The summed E-state index contributed by atoms with van der Waals surface area (Å²) < 4.78 is 27.0. The van der Waals surface area contributed by atoms with Crippen molar-refractivity contribution in [3.8, 4) is 0 Å². The first-order chi connectivity index (χ1) is 14.3. The molecule has 1 aliphatic rings. The number of sulfonamides is 1. The van der Waals surface area contributed by atoms with Crippen LogP contribution in [0.4, 0.5) is 21.9 Å². The lowest BCUT2D eigenvalue weighted by molar-refractivity contribution is -0.384. The predicted molar refractivity (Wildman–Crippen MR) is 110 cm³/mol. The first kappa shape index (κ1) is 19.8. The van der Waals surface area contributed by atoms with Crippen molar-refractivity contribution in [1.29, 1.82) is 0 Å². The maximum Gasteiger partial charge on any atom is 0.343 e. The highest BCUT2D eigenvalue weighted by Gasteiger charge is 2.43. The van der Waals surface area contributed by atoms with Gasteiger partial charge >= 0.3 is 6.03 Å². The zero-order valence-electron chi connectivity index (χ0n) is 15.2. The van der Waals surface area contributed by atoms with Crippen LogP contribution in [0.25, 0.3) is 0 Å². The van der Waals surface area contributed by atoms with Gasteiger partial charge in [-0.3, -0.25) is 15.0 Å². The van der Waals surface area contributed by atoms with E-state index in [1.807, 2.05) is 0 Å². The number of fused-ring (bicyclic) bond motifs is 1. The number of nitro groups is 1. The Morgan fingerprint density at radius 2 is 1.67 bits per heavy atom. The molecule has 0 spiro atoms. The zero-order chi connectivity index (χ0) is 21.5.